The van der Waals surface area contributed by atoms with Crippen molar-refractivity contribution >= 4 is 38.9 Å². The van der Waals surface area contributed by atoms with Crippen LogP contribution in [0.15, 0.2) is 34.8 Å². The van der Waals surface area contributed by atoms with Crippen molar-refractivity contribution in [2.75, 3.05) is 5.32 Å². The zero-order chi connectivity index (χ0) is 14.0. The highest BCUT2D eigenvalue weighted by Crippen LogP contribution is 2.29. The molecule has 1 atom stereocenters. The Morgan fingerprint density at radius 1 is 1.32 bits per heavy atom. The van der Waals surface area contributed by atoms with Gasteiger partial charge in [-0.3, -0.25) is 4.79 Å². The van der Waals surface area contributed by atoms with Gasteiger partial charge in [0.05, 0.1) is 0 Å². The molecule has 1 aromatic heterocycles. The lowest BCUT2D eigenvalue weighted by atomic mass is 10.1. The fourth-order valence-corrected chi connectivity index (χ4v) is 3.18. The lowest BCUT2D eigenvalue weighted by Crippen LogP contribution is -2.27. The van der Waals surface area contributed by atoms with E-state index in [-0.39, 0.29) is 5.91 Å². The number of carbonyl (C=O) groups excluding carboxylic acids is 1. The van der Waals surface area contributed by atoms with Gasteiger partial charge in [0.15, 0.2) is 0 Å². The summed E-state index contributed by atoms with van der Waals surface area (Å²) in [4.78, 5) is 14.0. The Morgan fingerprint density at radius 2 is 1.95 bits per heavy atom. The van der Waals surface area contributed by atoms with Crippen molar-refractivity contribution in [2.45, 2.75) is 19.9 Å². The van der Waals surface area contributed by atoms with Crippen LogP contribution in [0.25, 0.3) is 0 Å². The van der Waals surface area contributed by atoms with Crippen LogP contribution in [0.3, 0.4) is 0 Å². The second kappa shape index (κ2) is 5.75. The number of benzene rings is 1. The van der Waals surface area contributed by atoms with Crippen molar-refractivity contribution in [1.82, 2.24) is 0 Å². The highest BCUT2D eigenvalue weighted by molar-refractivity contribution is 9.10. The molecular weight excluding hydrogens is 324 g/mol. The molecule has 2 rings (SSSR count). The number of hydrogen-bond acceptors (Lipinski definition) is 3. The van der Waals surface area contributed by atoms with Gasteiger partial charge in [0.1, 0.15) is 6.04 Å². The van der Waals surface area contributed by atoms with Gasteiger partial charge in [-0.15, -0.1) is 11.3 Å². The molecule has 5 heteroatoms. The molecule has 0 spiro atoms. The van der Waals surface area contributed by atoms with E-state index < -0.39 is 6.04 Å². The highest BCUT2D eigenvalue weighted by atomic mass is 79.9. The molecule has 0 saturated carbocycles. The van der Waals surface area contributed by atoms with Gasteiger partial charge in [-0.1, -0.05) is 15.9 Å². The van der Waals surface area contributed by atoms with Crippen LogP contribution in [0.5, 0.6) is 0 Å². The number of rotatable bonds is 4. The molecule has 1 heterocycles. The van der Waals surface area contributed by atoms with E-state index in [1.807, 2.05) is 44.2 Å². The molecule has 0 aliphatic heterocycles. The molecule has 0 aliphatic carbocycles. The maximum absolute atomic E-state index is 11.7. The number of carbonyl (C=O) groups is 1. The van der Waals surface area contributed by atoms with Gasteiger partial charge in [-0.25, -0.2) is 0 Å². The van der Waals surface area contributed by atoms with Crippen LogP contribution in [0.4, 0.5) is 5.69 Å². The van der Waals surface area contributed by atoms with Gasteiger partial charge in [-0.2, -0.15) is 0 Å². The van der Waals surface area contributed by atoms with E-state index in [9.17, 15) is 4.79 Å². The number of hydrogen-bond donors (Lipinski definition) is 2. The van der Waals surface area contributed by atoms with Crippen LogP contribution < -0.4 is 11.1 Å². The third-order valence-corrected chi connectivity index (χ3v) is 4.34. The first-order chi connectivity index (χ1) is 8.97. The van der Waals surface area contributed by atoms with Crippen molar-refractivity contribution < 1.29 is 4.79 Å². The van der Waals surface area contributed by atoms with E-state index >= 15 is 0 Å². The molecule has 0 radical (unpaired) electrons. The van der Waals surface area contributed by atoms with E-state index in [2.05, 4.69) is 21.2 Å². The van der Waals surface area contributed by atoms with Gasteiger partial charge in [-0.05, 0) is 49.7 Å². The van der Waals surface area contributed by atoms with Crippen molar-refractivity contribution in [3.63, 3.8) is 0 Å². The minimum absolute atomic E-state index is 0.371. The molecule has 1 amide bonds. The zero-order valence-corrected chi connectivity index (χ0v) is 13.1. The average Bonchev–Trinajstić information content (AvgIpc) is 2.67. The molecular formula is C14H15BrN2OS. The van der Waals surface area contributed by atoms with Crippen LogP contribution in [0, 0.1) is 13.8 Å². The first kappa shape index (κ1) is 14.1. The second-order valence-electron chi connectivity index (χ2n) is 4.36. The van der Waals surface area contributed by atoms with Crippen LogP contribution in [-0.4, -0.2) is 5.91 Å². The zero-order valence-electron chi connectivity index (χ0n) is 10.7. The fourth-order valence-electron chi connectivity index (χ4n) is 1.95. The summed E-state index contributed by atoms with van der Waals surface area (Å²) in [7, 11) is 0. The number of thiophene rings is 1. The highest BCUT2D eigenvalue weighted by Gasteiger charge is 2.21. The van der Waals surface area contributed by atoms with E-state index in [4.69, 9.17) is 5.73 Å². The number of aryl methyl sites for hydroxylation is 2. The molecule has 3 nitrogen and oxygen atoms in total. The summed E-state index contributed by atoms with van der Waals surface area (Å²) >= 11 is 5.06. The summed E-state index contributed by atoms with van der Waals surface area (Å²) in [6, 6.07) is 9.19. The summed E-state index contributed by atoms with van der Waals surface area (Å²) in [6.45, 7) is 4.03. The molecule has 1 unspecified atom stereocenters. The summed E-state index contributed by atoms with van der Waals surface area (Å²) in [5, 5.41) is 3.19. The Bertz CT molecular complexity index is 592. The first-order valence-corrected chi connectivity index (χ1v) is 7.46. The Kier molecular flexibility index (Phi) is 4.27. The Morgan fingerprint density at radius 3 is 2.42 bits per heavy atom. The van der Waals surface area contributed by atoms with E-state index in [0.29, 0.717) is 0 Å². The van der Waals surface area contributed by atoms with Crippen LogP contribution >= 0.6 is 27.3 Å². The lowest BCUT2D eigenvalue weighted by Gasteiger charge is -2.17. The summed E-state index contributed by atoms with van der Waals surface area (Å²) in [5.74, 6) is -0.371. The third kappa shape index (κ3) is 3.36. The van der Waals surface area contributed by atoms with Gasteiger partial charge in [0, 0.05) is 19.9 Å². The Labute approximate surface area is 125 Å². The van der Waals surface area contributed by atoms with E-state index in [0.717, 1.165) is 20.6 Å². The molecule has 100 valence electrons. The standard InChI is InChI=1S/C14H15BrN2OS/c1-8-7-12(9(2)19-8)13(14(16)18)17-11-5-3-10(15)4-6-11/h3-7,13,17H,1-2H3,(H2,16,18). The van der Waals surface area contributed by atoms with Gasteiger partial charge < -0.3 is 11.1 Å². The third-order valence-electron chi connectivity index (χ3n) is 2.83. The Hall–Kier alpha value is -1.33. The van der Waals surface area contributed by atoms with Crippen LogP contribution in [0.2, 0.25) is 0 Å². The molecule has 0 bridgehead atoms. The van der Waals surface area contributed by atoms with Crippen molar-refractivity contribution in [3.8, 4) is 0 Å². The number of amides is 1. The molecule has 19 heavy (non-hydrogen) atoms. The quantitative estimate of drug-likeness (QED) is 0.891. The molecule has 2 aromatic rings. The normalized spacial score (nSPS) is 12.2. The molecule has 1 aromatic carbocycles. The lowest BCUT2D eigenvalue weighted by molar-refractivity contribution is -0.118. The number of nitrogens with two attached hydrogens (primary N) is 1. The monoisotopic (exact) mass is 338 g/mol. The predicted octanol–water partition coefficient (Wildman–Crippen LogP) is 3.77. The summed E-state index contributed by atoms with van der Waals surface area (Å²) in [6.07, 6.45) is 0. The topological polar surface area (TPSA) is 55.1 Å². The maximum Gasteiger partial charge on any atom is 0.244 e. The minimum atomic E-state index is -0.494. The molecule has 0 aliphatic rings. The van der Waals surface area contributed by atoms with Gasteiger partial charge >= 0.3 is 0 Å². The van der Waals surface area contributed by atoms with E-state index in [1.54, 1.807) is 11.3 Å². The number of nitrogens with one attached hydrogen (secondary N) is 1. The molecule has 3 N–H and O–H groups in total. The van der Waals surface area contributed by atoms with Crippen LogP contribution in [-0.2, 0) is 4.79 Å². The number of anilines is 1. The Balaban J connectivity index is 2.29. The SMILES string of the molecule is Cc1cc(C(Nc2ccc(Br)cc2)C(N)=O)c(C)s1. The van der Waals surface area contributed by atoms with Crippen molar-refractivity contribution in [2.24, 2.45) is 5.73 Å². The van der Waals surface area contributed by atoms with Gasteiger partial charge in [0.25, 0.3) is 0 Å². The smallest absolute Gasteiger partial charge is 0.244 e. The van der Waals surface area contributed by atoms with Crippen LogP contribution in [0.1, 0.15) is 21.4 Å². The van der Waals surface area contributed by atoms with Crippen molar-refractivity contribution in [1.29, 1.82) is 0 Å². The number of primary amides is 1. The largest absolute Gasteiger partial charge is 0.370 e. The van der Waals surface area contributed by atoms with E-state index in [1.165, 1.54) is 4.88 Å². The fraction of sp³-hybridized carbons (Fsp3) is 0.214. The van der Waals surface area contributed by atoms with Gasteiger partial charge in [0.2, 0.25) is 5.91 Å². The first-order valence-electron chi connectivity index (χ1n) is 5.85. The summed E-state index contributed by atoms with van der Waals surface area (Å²) < 4.78 is 0.997. The molecule has 0 saturated heterocycles. The van der Waals surface area contributed by atoms with Crippen molar-refractivity contribution in [3.05, 3.63) is 50.1 Å². The summed E-state index contributed by atoms with van der Waals surface area (Å²) in [5.41, 5.74) is 7.35. The number of halogens is 1. The predicted molar refractivity (Wildman–Crippen MR) is 83.5 cm³/mol. The minimum Gasteiger partial charge on any atom is -0.370 e. The maximum atomic E-state index is 11.7. The second-order valence-corrected chi connectivity index (χ2v) is 6.73. The molecule has 0 fully saturated rings. The average molecular weight is 339 g/mol.